The standard InChI is InChI=1S/C13H19FO2/c1-3-4-11(15)7-5-10-6-8-12(16-2)9-13(10)14/h6,8-9,11,15H,3-5,7H2,1-2H3. The Morgan fingerprint density at radius 2 is 2.12 bits per heavy atom. The van der Waals surface area contributed by atoms with E-state index in [1.807, 2.05) is 6.92 Å². The largest absolute Gasteiger partial charge is 0.497 e. The lowest BCUT2D eigenvalue weighted by Crippen LogP contribution is -2.07. The molecule has 0 saturated heterocycles. The number of hydrogen-bond donors (Lipinski definition) is 1. The number of aliphatic hydroxyl groups excluding tert-OH is 1. The van der Waals surface area contributed by atoms with E-state index in [-0.39, 0.29) is 11.9 Å². The Bertz CT molecular complexity index is 326. The van der Waals surface area contributed by atoms with Crippen molar-refractivity contribution in [3.05, 3.63) is 29.6 Å². The summed E-state index contributed by atoms with van der Waals surface area (Å²) >= 11 is 0. The van der Waals surface area contributed by atoms with Gasteiger partial charge in [0.05, 0.1) is 13.2 Å². The summed E-state index contributed by atoms with van der Waals surface area (Å²) in [4.78, 5) is 0. The van der Waals surface area contributed by atoms with Crippen molar-refractivity contribution in [1.82, 2.24) is 0 Å². The molecule has 0 amide bonds. The topological polar surface area (TPSA) is 29.5 Å². The van der Waals surface area contributed by atoms with Crippen LogP contribution in [-0.2, 0) is 6.42 Å². The molecule has 0 aliphatic heterocycles. The van der Waals surface area contributed by atoms with E-state index in [9.17, 15) is 9.50 Å². The van der Waals surface area contributed by atoms with Gasteiger partial charge in [-0.25, -0.2) is 4.39 Å². The fraction of sp³-hybridized carbons (Fsp3) is 0.538. The van der Waals surface area contributed by atoms with E-state index in [1.54, 1.807) is 12.1 Å². The normalized spacial score (nSPS) is 12.5. The highest BCUT2D eigenvalue weighted by atomic mass is 19.1. The van der Waals surface area contributed by atoms with E-state index in [4.69, 9.17) is 4.74 Å². The van der Waals surface area contributed by atoms with E-state index in [2.05, 4.69) is 0 Å². The van der Waals surface area contributed by atoms with Gasteiger partial charge in [-0.1, -0.05) is 19.4 Å². The Balaban J connectivity index is 2.54. The molecule has 0 fully saturated rings. The van der Waals surface area contributed by atoms with Crippen molar-refractivity contribution >= 4 is 0 Å². The number of methoxy groups -OCH3 is 1. The maximum Gasteiger partial charge on any atom is 0.130 e. The van der Waals surface area contributed by atoms with Crippen molar-refractivity contribution in [2.75, 3.05) is 7.11 Å². The van der Waals surface area contributed by atoms with Crippen LogP contribution in [0, 0.1) is 5.82 Å². The van der Waals surface area contributed by atoms with Crippen LogP contribution in [0.5, 0.6) is 5.75 Å². The predicted octanol–water partition coefficient (Wildman–Crippen LogP) is 2.93. The van der Waals surface area contributed by atoms with Crippen molar-refractivity contribution in [2.24, 2.45) is 0 Å². The molecule has 1 N–H and O–H groups in total. The number of aliphatic hydroxyl groups is 1. The van der Waals surface area contributed by atoms with Gasteiger partial charge >= 0.3 is 0 Å². The van der Waals surface area contributed by atoms with Crippen molar-refractivity contribution < 1.29 is 14.2 Å². The van der Waals surface area contributed by atoms with Crippen LogP contribution in [0.1, 0.15) is 31.7 Å². The molecule has 2 nitrogen and oxygen atoms in total. The maximum atomic E-state index is 13.5. The number of ether oxygens (including phenoxy) is 1. The minimum Gasteiger partial charge on any atom is -0.497 e. The molecule has 0 radical (unpaired) electrons. The number of halogens is 1. The van der Waals surface area contributed by atoms with Crippen LogP contribution in [0.4, 0.5) is 4.39 Å². The Morgan fingerprint density at radius 3 is 2.69 bits per heavy atom. The Morgan fingerprint density at radius 1 is 1.38 bits per heavy atom. The second kappa shape index (κ2) is 6.48. The second-order valence-corrected chi connectivity index (χ2v) is 3.94. The lowest BCUT2D eigenvalue weighted by molar-refractivity contribution is 0.153. The molecule has 0 aliphatic carbocycles. The summed E-state index contributed by atoms with van der Waals surface area (Å²) in [7, 11) is 1.51. The monoisotopic (exact) mass is 226 g/mol. The van der Waals surface area contributed by atoms with Crippen LogP contribution in [0.15, 0.2) is 18.2 Å². The first-order valence-electron chi connectivity index (χ1n) is 5.67. The summed E-state index contributed by atoms with van der Waals surface area (Å²) in [6.45, 7) is 2.02. The molecule has 0 spiro atoms. The molecule has 16 heavy (non-hydrogen) atoms. The molecule has 1 aromatic rings. The van der Waals surface area contributed by atoms with Crippen LogP contribution in [0.2, 0.25) is 0 Å². The molecule has 90 valence electrons. The van der Waals surface area contributed by atoms with Gasteiger partial charge in [0, 0.05) is 6.07 Å². The minimum atomic E-state index is -0.327. The van der Waals surface area contributed by atoms with Gasteiger partial charge in [0.1, 0.15) is 11.6 Å². The first-order valence-corrected chi connectivity index (χ1v) is 5.67. The first-order chi connectivity index (χ1) is 7.67. The number of aryl methyl sites for hydroxylation is 1. The lowest BCUT2D eigenvalue weighted by atomic mass is 10.0. The SMILES string of the molecule is CCCC(O)CCc1ccc(OC)cc1F. The average Bonchev–Trinajstić information content (AvgIpc) is 2.27. The Kier molecular flexibility index (Phi) is 5.26. The highest BCUT2D eigenvalue weighted by molar-refractivity contribution is 5.28. The summed E-state index contributed by atoms with van der Waals surface area (Å²) in [5.41, 5.74) is 0.635. The lowest BCUT2D eigenvalue weighted by Gasteiger charge is -2.10. The molecular formula is C13H19FO2. The molecular weight excluding hydrogens is 207 g/mol. The van der Waals surface area contributed by atoms with Gasteiger partial charge in [-0.05, 0) is 30.9 Å². The van der Waals surface area contributed by atoms with E-state index in [1.165, 1.54) is 13.2 Å². The smallest absolute Gasteiger partial charge is 0.130 e. The zero-order chi connectivity index (χ0) is 12.0. The molecule has 3 heteroatoms. The minimum absolute atomic E-state index is 0.261. The van der Waals surface area contributed by atoms with Gasteiger partial charge in [-0.2, -0.15) is 0 Å². The fourth-order valence-corrected chi connectivity index (χ4v) is 1.66. The van der Waals surface area contributed by atoms with Crippen LogP contribution in [0.25, 0.3) is 0 Å². The van der Waals surface area contributed by atoms with Crippen LogP contribution in [-0.4, -0.2) is 18.3 Å². The maximum absolute atomic E-state index is 13.5. The Hall–Kier alpha value is -1.09. The van der Waals surface area contributed by atoms with E-state index < -0.39 is 0 Å². The molecule has 0 aliphatic rings. The van der Waals surface area contributed by atoms with Gasteiger partial charge < -0.3 is 9.84 Å². The zero-order valence-corrected chi connectivity index (χ0v) is 9.87. The zero-order valence-electron chi connectivity index (χ0n) is 9.87. The van der Waals surface area contributed by atoms with E-state index in [0.717, 1.165) is 12.8 Å². The molecule has 1 aromatic carbocycles. The quantitative estimate of drug-likeness (QED) is 0.808. The molecule has 0 bridgehead atoms. The van der Waals surface area contributed by atoms with E-state index in [0.29, 0.717) is 24.2 Å². The fourth-order valence-electron chi connectivity index (χ4n) is 1.66. The molecule has 0 aromatic heterocycles. The van der Waals surface area contributed by atoms with Gasteiger partial charge in [-0.15, -0.1) is 0 Å². The highest BCUT2D eigenvalue weighted by Gasteiger charge is 2.07. The van der Waals surface area contributed by atoms with E-state index >= 15 is 0 Å². The van der Waals surface area contributed by atoms with Crippen molar-refractivity contribution in [1.29, 1.82) is 0 Å². The molecule has 1 unspecified atom stereocenters. The summed E-state index contributed by atoms with van der Waals surface area (Å²) in [6.07, 6.45) is 2.57. The second-order valence-electron chi connectivity index (χ2n) is 3.94. The third-order valence-electron chi connectivity index (χ3n) is 2.63. The summed E-state index contributed by atoms with van der Waals surface area (Å²) in [5.74, 6) is 0.262. The Labute approximate surface area is 96.1 Å². The van der Waals surface area contributed by atoms with Crippen molar-refractivity contribution in [3.63, 3.8) is 0 Å². The molecule has 0 heterocycles. The third kappa shape index (κ3) is 3.81. The van der Waals surface area contributed by atoms with Crippen LogP contribution >= 0.6 is 0 Å². The number of rotatable bonds is 6. The average molecular weight is 226 g/mol. The predicted molar refractivity (Wildman–Crippen MR) is 62.2 cm³/mol. The first kappa shape index (κ1) is 13.0. The van der Waals surface area contributed by atoms with Crippen molar-refractivity contribution in [2.45, 2.75) is 38.7 Å². The summed E-state index contributed by atoms with van der Waals surface area (Å²) in [5, 5.41) is 9.56. The van der Waals surface area contributed by atoms with Gasteiger partial charge in [0.2, 0.25) is 0 Å². The number of hydrogen-bond acceptors (Lipinski definition) is 2. The summed E-state index contributed by atoms with van der Waals surface area (Å²) < 4.78 is 18.4. The third-order valence-corrected chi connectivity index (χ3v) is 2.63. The van der Waals surface area contributed by atoms with Crippen LogP contribution in [0.3, 0.4) is 0 Å². The van der Waals surface area contributed by atoms with Crippen LogP contribution < -0.4 is 4.74 Å². The van der Waals surface area contributed by atoms with Gasteiger partial charge in [0.25, 0.3) is 0 Å². The van der Waals surface area contributed by atoms with Gasteiger partial charge in [0.15, 0.2) is 0 Å². The molecule has 1 atom stereocenters. The summed E-state index contributed by atoms with van der Waals surface area (Å²) in [6, 6.07) is 4.83. The molecule has 1 rings (SSSR count). The van der Waals surface area contributed by atoms with Gasteiger partial charge in [-0.3, -0.25) is 0 Å². The molecule has 0 saturated carbocycles. The van der Waals surface area contributed by atoms with Crippen molar-refractivity contribution in [3.8, 4) is 5.75 Å². The number of benzene rings is 1. The highest BCUT2D eigenvalue weighted by Crippen LogP contribution is 2.18.